The van der Waals surface area contributed by atoms with Crippen LogP contribution in [0.25, 0.3) is 10.8 Å². The molecule has 3 N–H and O–H groups in total. The highest BCUT2D eigenvalue weighted by Gasteiger charge is 2.52. The molecule has 0 spiro atoms. The van der Waals surface area contributed by atoms with Gasteiger partial charge in [-0.2, -0.15) is 0 Å². The van der Waals surface area contributed by atoms with Crippen LogP contribution in [-0.4, -0.2) is 36.3 Å². The highest BCUT2D eigenvalue weighted by molar-refractivity contribution is 6.31. The van der Waals surface area contributed by atoms with Crippen LogP contribution in [0.1, 0.15) is 61.4 Å². The second-order valence-electron chi connectivity index (χ2n) is 12.3. The lowest BCUT2D eigenvalue weighted by Gasteiger charge is -2.59. The van der Waals surface area contributed by atoms with Crippen LogP contribution in [0.3, 0.4) is 0 Å². The molecule has 5 nitrogen and oxygen atoms in total. The lowest BCUT2D eigenvalue weighted by Crippen LogP contribution is -2.55. The van der Waals surface area contributed by atoms with Gasteiger partial charge in [-0.1, -0.05) is 54.1 Å². The summed E-state index contributed by atoms with van der Waals surface area (Å²) in [6, 6.07) is 19.6. The highest BCUT2D eigenvalue weighted by Crippen LogP contribution is 2.61. The van der Waals surface area contributed by atoms with E-state index in [1.54, 1.807) is 18.2 Å². The monoisotopic (exact) mass is 546 g/mol. The van der Waals surface area contributed by atoms with Gasteiger partial charge in [0.2, 0.25) is 0 Å². The van der Waals surface area contributed by atoms with Crippen LogP contribution < -0.4 is 15.4 Å². The fourth-order valence-corrected chi connectivity index (χ4v) is 8.18. The zero-order chi connectivity index (χ0) is 27.0. The Kier molecular flexibility index (Phi) is 7.58. The van der Waals surface area contributed by atoms with Crippen LogP contribution in [0.2, 0.25) is 5.02 Å². The predicted molar refractivity (Wildman–Crippen MR) is 156 cm³/mol. The van der Waals surface area contributed by atoms with Crippen molar-refractivity contribution in [2.24, 2.45) is 23.2 Å². The van der Waals surface area contributed by atoms with E-state index < -0.39 is 6.10 Å². The lowest BCUT2D eigenvalue weighted by molar-refractivity contribution is -0.0719. The number of benzene rings is 3. The maximum absolute atomic E-state index is 13.2. The number of carbonyl (C=O) groups excluding carboxylic acids is 1. The highest BCUT2D eigenvalue weighted by atomic mass is 35.5. The Morgan fingerprint density at radius 1 is 1.03 bits per heavy atom. The van der Waals surface area contributed by atoms with Crippen LogP contribution in [0.15, 0.2) is 60.7 Å². The van der Waals surface area contributed by atoms with Gasteiger partial charge in [0.1, 0.15) is 18.5 Å². The standard InChI is InChI=1S/C33H39ClN2O3/c1-21(33-15-22-11-23(16-33)13-24(12-22)17-33)35-19-28(37)20-39-31-10-9-27(34)14-30(31)32(38)36-18-26-7-4-6-25-5-2-3-8-29(25)26/h2-10,14,21-24,28,35,37H,11-13,15-20H2,1H3,(H,36,38). The van der Waals surface area contributed by atoms with Gasteiger partial charge in [-0.15, -0.1) is 0 Å². The van der Waals surface area contributed by atoms with E-state index in [0.717, 1.165) is 34.1 Å². The maximum atomic E-state index is 13.2. The van der Waals surface area contributed by atoms with E-state index in [2.05, 4.69) is 35.8 Å². The molecule has 0 radical (unpaired) electrons. The largest absolute Gasteiger partial charge is 0.490 e. The molecule has 3 aromatic carbocycles. The van der Waals surface area contributed by atoms with E-state index in [-0.39, 0.29) is 12.5 Å². The van der Waals surface area contributed by atoms with Crippen molar-refractivity contribution in [3.05, 3.63) is 76.8 Å². The predicted octanol–water partition coefficient (Wildman–Crippen LogP) is 6.36. The van der Waals surface area contributed by atoms with E-state index in [1.807, 2.05) is 24.3 Å². The number of hydrogen-bond acceptors (Lipinski definition) is 4. The normalized spacial score (nSPS) is 26.9. The van der Waals surface area contributed by atoms with Crippen molar-refractivity contribution < 1.29 is 14.6 Å². The molecule has 2 atom stereocenters. The van der Waals surface area contributed by atoms with E-state index in [0.29, 0.717) is 40.9 Å². The molecular formula is C33H39ClN2O3. The molecule has 4 bridgehead atoms. The summed E-state index contributed by atoms with van der Waals surface area (Å²) in [5.74, 6) is 2.88. The SMILES string of the molecule is CC(NCC(O)COc1ccc(Cl)cc1C(=O)NCc1cccc2ccccc12)C12CC3CC(CC(C3)C1)C2. The molecule has 0 saturated heterocycles. The summed E-state index contributed by atoms with van der Waals surface area (Å²) >= 11 is 6.24. The second kappa shape index (κ2) is 11.1. The number of amides is 1. The van der Waals surface area contributed by atoms with E-state index >= 15 is 0 Å². The summed E-state index contributed by atoms with van der Waals surface area (Å²) in [5, 5.41) is 20.1. The number of fused-ring (bicyclic) bond motifs is 1. The third-order valence-electron chi connectivity index (χ3n) is 9.60. The molecule has 4 aliphatic rings. The minimum Gasteiger partial charge on any atom is -0.490 e. The Morgan fingerprint density at radius 2 is 1.72 bits per heavy atom. The van der Waals surface area contributed by atoms with Gasteiger partial charge in [0.05, 0.1) is 5.56 Å². The van der Waals surface area contributed by atoms with Gasteiger partial charge in [0.25, 0.3) is 5.91 Å². The van der Waals surface area contributed by atoms with Crippen LogP contribution in [0.4, 0.5) is 0 Å². The van der Waals surface area contributed by atoms with Gasteiger partial charge in [-0.25, -0.2) is 0 Å². The number of carbonyl (C=O) groups is 1. The number of rotatable bonds is 10. The average Bonchev–Trinajstić information content (AvgIpc) is 2.93. The first-order chi connectivity index (χ1) is 18.9. The smallest absolute Gasteiger partial charge is 0.255 e. The number of halogens is 1. The quantitative estimate of drug-likeness (QED) is 0.277. The molecule has 39 heavy (non-hydrogen) atoms. The molecule has 206 valence electrons. The average molecular weight is 547 g/mol. The van der Waals surface area contributed by atoms with Crippen molar-refractivity contribution in [2.45, 2.75) is 64.1 Å². The third kappa shape index (κ3) is 5.68. The fraction of sp³-hybridized carbons (Fsp3) is 0.485. The van der Waals surface area contributed by atoms with Crippen LogP contribution in [-0.2, 0) is 6.54 Å². The fourth-order valence-electron chi connectivity index (χ4n) is 8.01. The van der Waals surface area contributed by atoms with Crippen molar-refractivity contribution in [3.8, 4) is 5.75 Å². The van der Waals surface area contributed by atoms with Crippen molar-refractivity contribution in [3.63, 3.8) is 0 Å². The summed E-state index contributed by atoms with van der Waals surface area (Å²) < 4.78 is 5.97. The summed E-state index contributed by atoms with van der Waals surface area (Å²) in [6.45, 7) is 3.27. The minimum absolute atomic E-state index is 0.103. The molecule has 3 aromatic rings. The molecule has 0 heterocycles. The maximum Gasteiger partial charge on any atom is 0.255 e. The molecule has 4 saturated carbocycles. The van der Waals surface area contributed by atoms with Crippen LogP contribution in [0.5, 0.6) is 5.75 Å². The van der Waals surface area contributed by atoms with Gasteiger partial charge in [0.15, 0.2) is 0 Å². The van der Waals surface area contributed by atoms with Crippen molar-refractivity contribution in [2.75, 3.05) is 13.2 Å². The van der Waals surface area contributed by atoms with E-state index in [1.165, 1.54) is 38.5 Å². The Hall–Kier alpha value is -2.60. The van der Waals surface area contributed by atoms with Crippen molar-refractivity contribution in [1.29, 1.82) is 0 Å². The zero-order valence-corrected chi connectivity index (χ0v) is 23.4. The van der Waals surface area contributed by atoms with Gasteiger partial charge in [-0.05, 0) is 103 Å². The van der Waals surface area contributed by atoms with Crippen molar-refractivity contribution in [1.82, 2.24) is 10.6 Å². The number of nitrogens with one attached hydrogen (secondary N) is 2. The molecular weight excluding hydrogens is 508 g/mol. The molecule has 2 unspecified atom stereocenters. The van der Waals surface area contributed by atoms with E-state index in [4.69, 9.17) is 16.3 Å². The minimum atomic E-state index is -0.677. The van der Waals surface area contributed by atoms with Gasteiger partial charge >= 0.3 is 0 Å². The summed E-state index contributed by atoms with van der Waals surface area (Å²) in [4.78, 5) is 13.2. The summed E-state index contributed by atoms with van der Waals surface area (Å²) in [7, 11) is 0. The topological polar surface area (TPSA) is 70.6 Å². The number of aliphatic hydroxyl groups is 1. The van der Waals surface area contributed by atoms with E-state index in [9.17, 15) is 9.90 Å². The van der Waals surface area contributed by atoms with Crippen LogP contribution in [0, 0.1) is 23.2 Å². The van der Waals surface area contributed by atoms with Crippen molar-refractivity contribution >= 4 is 28.3 Å². The number of aliphatic hydroxyl groups excluding tert-OH is 1. The molecule has 1 amide bonds. The summed E-state index contributed by atoms with van der Waals surface area (Å²) in [5.41, 5.74) is 1.80. The molecule has 6 heteroatoms. The Morgan fingerprint density at radius 3 is 2.46 bits per heavy atom. The Labute approximate surface area is 236 Å². The number of hydrogen-bond donors (Lipinski definition) is 3. The Balaban J connectivity index is 1.04. The molecule has 0 aromatic heterocycles. The first-order valence-corrected chi connectivity index (χ1v) is 14.8. The zero-order valence-electron chi connectivity index (χ0n) is 22.7. The first kappa shape index (κ1) is 26.6. The van der Waals surface area contributed by atoms with Gasteiger partial charge in [-0.3, -0.25) is 4.79 Å². The molecule has 7 rings (SSSR count). The first-order valence-electron chi connectivity index (χ1n) is 14.5. The molecule has 0 aliphatic heterocycles. The Bertz CT molecular complexity index is 1300. The summed E-state index contributed by atoms with van der Waals surface area (Å²) in [6.07, 6.45) is 7.62. The van der Waals surface area contributed by atoms with Gasteiger partial charge < -0.3 is 20.5 Å². The molecule has 4 aliphatic carbocycles. The lowest BCUT2D eigenvalue weighted by atomic mass is 9.48. The molecule has 4 fully saturated rings. The second-order valence-corrected chi connectivity index (χ2v) is 12.8. The van der Waals surface area contributed by atoms with Crippen LogP contribution >= 0.6 is 11.6 Å². The van der Waals surface area contributed by atoms with Gasteiger partial charge in [0, 0.05) is 24.2 Å². The third-order valence-corrected chi connectivity index (χ3v) is 9.84. The number of ether oxygens (including phenoxy) is 1.